The van der Waals surface area contributed by atoms with Crippen LogP contribution in [0.15, 0.2) is 6.07 Å². The van der Waals surface area contributed by atoms with Gasteiger partial charge in [0, 0.05) is 6.54 Å². The fraction of sp³-hybridized carbons (Fsp3) is 0.444. The molecule has 3 nitrogen and oxygen atoms in total. The molecule has 1 heterocycles. The molecule has 0 radical (unpaired) electrons. The van der Waals surface area contributed by atoms with Crippen molar-refractivity contribution in [3.63, 3.8) is 0 Å². The van der Waals surface area contributed by atoms with E-state index in [-0.39, 0.29) is 0 Å². The maximum Gasteiger partial charge on any atom is 0.129 e. The van der Waals surface area contributed by atoms with E-state index in [0.29, 0.717) is 29.0 Å². The molecule has 72 valence electrons. The molecule has 0 aromatic carbocycles. The average molecular weight is 200 g/mol. The molecule has 0 atom stereocenters. The normalized spacial score (nSPS) is 10.8. The second-order valence-corrected chi connectivity index (χ2v) is 3.64. The van der Waals surface area contributed by atoms with Crippen LogP contribution in [0.25, 0.3) is 0 Å². The fourth-order valence-electron chi connectivity index (χ4n) is 1.23. The number of hydrogen-bond acceptors (Lipinski definition) is 3. The third-order valence-corrected chi connectivity index (χ3v) is 2.15. The number of nitrogen functional groups attached to an aromatic ring is 1. The summed E-state index contributed by atoms with van der Waals surface area (Å²) >= 11 is 5.82. The molecule has 13 heavy (non-hydrogen) atoms. The molecule has 0 aliphatic carbocycles. The molecule has 1 rings (SSSR count). The van der Waals surface area contributed by atoms with Crippen LogP contribution >= 0.6 is 11.6 Å². The zero-order chi connectivity index (χ0) is 10.0. The molecule has 0 unspecified atom stereocenters. The molecule has 0 amide bonds. The van der Waals surface area contributed by atoms with Gasteiger partial charge in [0.25, 0.3) is 0 Å². The van der Waals surface area contributed by atoms with Gasteiger partial charge in [-0.15, -0.1) is 0 Å². The first kappa shape index (κ1) is 10.3. The van der Waals surface area contributed by atoms with Crippen molar-refractivity contribution >= 4 is 17.3 Å². The predicted octanol–water partition coefficient (Wildman–Crippen LogP) is 1.90. The van der Waals surface area contributed by atoms with E-state index in [1.807, 2.05) is 0 Å². The van der Waals surface area contributed by atoms with Crippen molar-refractivity contribution in [1.82, 2.24) is 4.98 Å². The Balaban J connectivity index is 3.27. The second kappa shape index (κ2) is 3.94. The number of aromatic nitrogens is 1. The third kappa shape index (κ3) is 2.11. The number of nitrogens with two attached hydrogens (primary N) is 2. The molecular formula is C9H14ClN3. The Morgan fingerprint density at radius 1 is 1.54 bits per heavy atom. The highest BCUT2D eigenvalue weighted by molar-refractivity contribution is 6.29. The number of halogens is 1. The number of rotatable bonds is 2. The smallest absolute Gasteiger partial charge is 0.129 e. The summed E-state index contributed by atoms with van der Waals surface area (Å²) in [5.41, 5.74) is 13.7. The summed E-state index contributed by atoms with van der Waals surface area (Å²) in [6, 6.07) is 1.79. The molecule has 0 saturated carbocycles. The minimum Gasteiger partial charge on any atom is -0.397 e. The van der Waals surface area contributed by atoms with Gasteiger partial charge >= 0.3 is 0 Å². The topological polar surface area (TPSA) is 64.9 Å². The van der Waals surface area contributed by atoms with Crippen LogP contribution in [0.3, 0.4) is 0 Å². The van der Waals surface area contributed by atoms with Crippen LogP contribution in [-0.2, 0) is 6.54 Å². The van der Waals surface area contributed by atoms with Crippen molar-refractivity contribution in [2.75, 3.05) is 5.73 Å². The van der Waals surface area contributed by atoms with Crippen LogP contribution in [0.1, 0.15) is 31.0 Å². The van der Waals surface area contributed by atoms with E-state index in [1.54, 1.807) is 6.07 Å². The van der Waals surface area contributed by atoms with Crippen molar-refractivity contribution in [3.05, 3.63) is 22.5 Å². The Morgan fingerprint density at radius 2 is 2.15 bits per heavy atom. The molecule has 0 spiro atoms. The first-order chi connectivity index (χ1) is 6.06. The van der Waals surface area contributed by atoms with Crippen LogP contribution in [0.2, 0.25) is 5.15 Å². The van der Waals surface area contributed by atoms with Crippen molar-refractivity contribution < 1.29 is 0 Å². The van der Waals surface area contributed by atoms with Crippen molar-refractivity contribution in [2.24, 2.45) is 5.73 Å². The summed E-state index contributed by atoms with van der Waals surface area (Å²) in [7, 11) is 0. The minimum atomic E-state index is 0.326. The van der Waals surface area contributed by atoms with Gasteiger partial charge in [-0.1, -0.05) is 25.4 Å². The van der Waals surface area contributed by atoms with Gasteiger partial charge in [-0.25, -0.2) is 4.98 Å². The van der Waals surface area contributed by atoms with Gasteiger partial charge in [-0.05, 0) is 17.5 Å². The molecule has 0 bridgehead atoms. The Hall–Kier alpha value is -0.800. The monoisotopic (exact) mass is 199 g/mol. The lowest BCUT2D eigenvalue weighted by Crippen LogP contribution is -2.08. The van der Waals surface area contributed by atoms with Gasteiger partial charge in [0.05, 0.1) is 11.4 Å². The lowest BCUT2D eigenvalue weighted by molar-refractivity contribution is 0.856. The van der Waals surface area contributed by atoms with Gasteiger partial charge in [-0.3, -0.25) is 0 Å². The third-order valence-electron chi connectivity index (χ3n) is 1.95. The van der Waals surface area contributed by atoms with E-state index in [2.05, 4.69) is 18.8 Å². The maximum atomic E-state index is 5.86. The summed E-state index contributed by atoms with van der Waals surface area (Å²) in [6.07, 6.45) is 0. The Kier molecular flexibility index (Phi) is 3.12. The van der Waals surface area contributed by atoms with Gasteiger partial charge in [-0.2, -0.15) is 0 Å². The molecule has 4 N–H and O–H groups in total. The highest BCUT2D eigenvalue weighted by atomic mass is 35.5. The van der Waals surface area contributed by atoms with Crippen molar-refractivity contribution in [3.8, 4) is 0 Å². The Morgan fingerprint density at radius 3 is 2.62 bits per heavy atom. The van der Waals surface area contributed by atoms with E-state index >= 15 is 0 Å². The predicted molar refractivity (Wildman–Crippen MR) is 55.6 cm³/mol. The van der Waals surface area contributed by atoms with Crippen LogP contribution in [-0.4, -0.2) is 4.98 Å². The number of pyridine rings is 1. The number of hydrogen-bond donors (Lipinski definition) is 2. The first-order valence-electron chi connectivity index (χ1n) is 4.21. The SMILES string of the molecule is CC(C)c1cc(Cl)nc(CN)c1N. The molecular weight excluding hydrogens is 186 g/mol. The fourth-order valence-corrected chi connectivity index (χ4v) is 1.45. The van der Waals surface area contributed by atoms with Crippen molar-refractivity contribution in [1.29, 1.82) is 0 Å². The summed E-state index contributed by atoms with van der Waals surface area (Å²) < 4.78 is 0. The van der Waals surface area contributed by atoms with E-state index < -0.39 is 0 Å². The zero-order valence-corrected chi connectivity index (χ0v) is 8.60. The highest BCUT2D eigenvalue weighted by Gasteiger charge is 2.10. The highest BCUT2D eigenvalue weighted by Crippen LogP contribution is 2.26. The standard InChI is InChI=1S/C9H14ClN3/c1-5(2)6-3-8(10)13-7(4-11)9(6)12/h3,5H,4,11-12H2,1-2H3. The first-order valence-corrected chi connectivity index (χ1v) is 4.59. The second-order valence-electron chi connectivity index (χ2n) is 3.25. The largest absolute Gasteiger partial charge is 0.397 e. The summed E-state index contributed by atoms with van der Waals surface area (Å²) in [4.78, 5) is 4.05. The van der Waals surface area contributed by atoms with Crippen LogP contribution in [0.4, 0.5) is 5.69 Å². The molecule has 1 aromatic heterocycles. The number of nitrogens with zero attached hydrogens (tertiary/aromatic N) is 1. The van der Waals surface area contributed by atoms with E-state index in [0.717, 1.165) is 5.56 Å². The molecule has 0 aliphatic rings. The zero-order valence-electron chi connectivity index (χ0n) is 7.84. The quantitative estimate of drug-likeness (QED) is 0.716. The van der Waals surface area contributed by atoms with Crippen LogP contribution < -0.4 is 11.5 Å². The molecule has 1 aromatic rings. The van der Waals surface area contributed by atoms with E-state index in [1.165, 1.54) is 0 Å². The minimum absolute atomic E-state index is 0.326. The van der Waals surface area contributed by atoms with Crippen LogP contribution in [0, 0.1) is 0 Å². The summed E-state index contributed by atoms with van der Waals surface area (Å²) in [5.74, 6) is 0.339. The van der Waals surface area contributed by atoms with Gasteiger partial charge in [0.1, 0.15) is 5.15 Å². The Bertz CT molecular complexity index is 310. The van der Waals surface area contributed by atoms with Gasteiger partial charge < -0.3 is 11.5 Å². The Labute approximate surface area is 83.1 Å². The summed E-state index contributed by atoms with van der Waals surface area (Å²) in [5, 5.41) is 0.457. The van der Waals surface area contributed by atoms with Gasteiger partial charge in [0.15, 0.2) is 0 Å². The van der Waals surface area contributed by atoms with Crippen molar-refractivity contribution in [2.45, 2.75) is 26.3 Å². The molecule has 4 heteroatoms. The lowest BCUT2D eigenvalue weighted by atomic mass is 10.0. The van der Waals surface area contributed by atoms with E-state index in [4.69, 9.17) is 23.1 Å². The molecule has 0 aliphatic heterocycles. The van der Waals surface area contributed by atoms with Gasteiger partial charge in [0.2, 0.25) is 0 Å². The maximum absolute atomic E-state index is 5.86. The lowest BCUT2D eigenvalue weighted by Gasteiger charge is -2.12. The molecule has 0 saturated heterocycles. The summed E-state index contributed by atoms with van der Waals surface area (Å²) in [6.45, 7) is 4.44. The van der Waals surface area contributed by atoms with E-state index in [9.17, 15) is 0 Å². The van der Waals surface area contributed by atoms with Crippen LogP contribution in [0.5, 0.6) is 0 Å². The molecule has 0 fully saturated rings. The average Bonchev–Trinajstić information content (AvgIpc) is 2.08. The number of anilines is 1.